The van der Waals surface area contributed by atoms with Gasteiger partial charge in [-0.2, -0.15) is 0 Å². The monoisotopic (exact) mass is 398 g/mol. The molecule has 2 aliphatic heterocycles. The second-order valence-electron chi connectivity index (χ2n) is 9.23. The summed E-state index contributed by atoms with van der Waals surface area (Å²) in [5.41, 5.74) is 5.68. The van der Waals surface area contributed by atoms with Gasteiger partial charge in [-0.25, -0.2) is 9.59 Å². The lowest BCUT2D eigenvalue weighted by Gasteiger charge is -2.43. The van der Waals surface area contributed by atoms with Crippen LogP contribution in [-0.4, -0.2) is 71.3 Å². The van der Waals surface area contributed by atoms with Crippen LogP contribution in [-0.2, 0) is 14.2 Å². The first-order valence-corrected chi connectivity index (χ1v) is 9.55. The average molecular weight is 399 g/mol. The second kappa shape index (κ2) is 8.26. The van der Waals surface area contributed by atoms with Gasteiger partial charge in [0.15, 0.2) is 6.23 Å². The normalized spacial score (nSPS) is 26.6. The Hall–Kier alpha value is -1.84. The van der Waals surface area contributed by atoms with Crippen molar-refractivity contribution >= 4 is 12.1 Å². The highest BCUT2D eigenvalue weighted by atomic mass is 16.6. The van der Waals surface area contributed by atoms with Crippen molar-refractivity contribution in [3.05, 3.63) is 11.8 Å². The first kappa shape index (κ1) is 22.4. The van der Waals surface area contributed by atoms with Crippen LogP contribution in [0.15, 0.2) is 11.8 Å². The Morgan fingerprint density at radius 3 is 2.46 bits per heavy atom. The van der Waals surface area contributed by atoms with Crippen LogP contribution in [0.3, 0.4) is 0 Å². The van der Waals surface area contributed by atoms with Gasteiger partial charge in [-0.05, 0) is 54.0 Å². The van der Waals surface area contributed by atoms with Crippen LogP contribution in [0.5, 0.6) is 0 Å². The van der Waals surface area contributed by atoms with Crippen LogP contribution in [0.2, 0.25) is 0 Å². The Kier molecular flexibility index (Phi) is 6.62. The standard InChI is InChI=1S/C19H34N4O5/c1-12-8-23(16(24)21-15(12)20)14-10-22(17(25)28-19(5,6)7)9-13(27-14)11-26-18(2,3)4/h8,13-15H,9-11,20H2,1-7H3,(H,21,24)/t13-,14+,15?/m0/s1. The van der Waals surface area contributed by atoms with Crippen molar-refractivity contribution in [2.75, 3.05) is 19.7 Å². The third kappa shape index (κ3) is 6.35. The summed E-state index contributed by atoms with van der Waals surface area (Å²) in [6.45, 7) is 13.9. The van der Waals surface area contributed by atoms with E-state index in [9.17, 15) is 9.59 Å². The Bertz CT molecular complexity index is 623. The van der Waals surface area contributed by atoms with Crippen LogP contribution in [0.25, 0.3) is 0 Å². The van der Waals surface area contributed by atoms with Gasteiger partial charge < -0.3 is 30.2 Å². The fourth-order valence-electron chi connectivity index (χ4n) is 2.77. The molecule has 9 nitrogen and oxygen atoms in total. The maximum absolute atomic E-state index is 12.6. The Balaban J connectivity index is 2.19. The minimum absolute atomic E-state index is 0.188. The number of nitrogens with zero attached hydrogens (tertiary/aromatic N) is 2. The van der Waals surface area contributed by atoms with Crippen LogP contribution in [0.1, 0.15) is 48.5 Å². The van der Waals surface area contributed by atoms with Gasteiger partial charge in [-0.1, -0.05) is 0 Å². The molecule has 0 aromatic carbocycles. The molecule has 3 amide bonds. The van der Waals surface area contributed by atoms with Crippen LogP contribution in [0, 0.1) is 0 Å². The number of amides is 3. The Labute approximate surface area is 167 Å². The minimum atomic E-state index is -0.669. The van der Waals surface area contributed by atoms with Crippen molar-refractivity contribution < 1.29 is 23.8 Å². The molecule has 0 bridgehead atoms. The van der Waals surface area contributed by atoms with E-state index < -0.39 is 30.2 Å². The van der Waals surface area contributed by atoms with Crippen molar-refractivity contribution in [1.82, 2.24) is 15.1 Å². The number of urea groups is 1. The van der Waals surface area contributed by atoms with Gasteiger partial charge in [0.25, 0.3) is 0 Å². The van der Waals surface area contributed by atoms with Crippen molar-refractivity contribution in [3.8, 4) is 0 Å². The SMILES string of the molecule is CC1=CN([C@H]2CN(C(=O)OC(C)(C)C)C[C@@H](COC(C)(C)C)O2)C(=O)NC1N. The van der Waals surface area contributed by atoms with E-state index in [0.29, 0.717) is 6.54 Å². The molecule has 0 spiro atoms. The van der Waals surface area contributed by atoms with E-state index >= 15 is 0 Å². The molecule has 0 aromatic heterocycles. The van der Waals surface area contributed by atoms with E-state index in [1.807, 2.05) is 48.5 Å². The first-order chi connectivity index (χ1) is 12.7. The smallest absolute Gasteiger partial charge is 0.410 e. The number of carbonyl (C=O) groups is 2. The molecule has 3 atom stereocenters. The van der Waals surface area contributed by atoms with Crippen LogP contribution < -0.4 is 11.1 Å². The lowest BCUT2D eigenvalue weighted by molar-refractivity contribution is -0.159. The Morgan fingerprint density at radius 2 is 1.89 bits per heavy atom. The molecule has 0 aromatic rings. The molecule has 3 N–H and O–H groups in total. The largest absolute Gasteiger partial charge is 0.444 e. The molecule has 0 aliphatic carbocycles. The summed E-state index contributed by atoms with van der Waals surface area (Å²) in [5.74, 6) is 0. The van der Waals surface area contributed by atoms with Gasteiger partial charge in [0.05, 0.1) is 25.3 Å². The predicted octanol–water partition coefficient (Wildman–Crippen LogP) is 1.98. The third-order valence-corrected chi connectivity index (χ3v) is 4.16. The van der Waals surface area contributed by atoms with Crippen LogP contribution in [0.4, 0.5) is 9.59 Å². The molecule has 2 rings (SSSR count). The fourth-order valence-corrected chi connectivity index (χ4v) is 2.77. The number of hydrogen-bond donors (Lipinski definition) is 2. The van der Waals surface area contributed by atoms with E-state index in [0.717, 1.165) is 5.57 Å². The van der Waals surface area contributed by atoms with Crippen molar-refractivity contribution in [3.63, 3.8) is 0 Å². The highest BCUT2D eigenvalue weighted by molar-refractivity contribution is 5.78. The molecule has 2 aliphatic rings. The highest BCUT2D eigenvalue weighted by Gasteiger charge is 2.39. The zero-order valence-electron chi connectivity index (χ0n) is 17.9. The fraction of sp³-hybridized carbons (Fsp3) is 0.789. The van der Waals surface area contributed by atoms with E-state index in [1.54, 1.807) is 11.1 Å². The molecule has 28 heavy (non-hydrogen) atoms. The predicted molar refractivity (Wildman–Crippen MR) is 104 cm³/mol. The van der Waals surface area contributed by atoms with E-state index in [-0.39, 0.29) is 24.8 Å². The van der Waals surface area contributed by atoms with Crippen molar-refractivity contribution in [2.24, 2.45) is 5.73 Å². The van der Waals surface area contributed by atoms with E-state index in [2.05, 4.69) is 5.32 Å². The topological polar surface area (TPSA) is 106 Å². The first-order valence-electron chi connectivity index (χ1n) is 9.55. The number of rotatable bonds is 3. The number of ether oxygens (including phenoxy) is 3. The van der Waals surface area contributed by atoms with Gasteiger partial charge in [0.2, 0.25) is 0 Å². The van der Waals surface area contributed by atoms with Gasteiger partial charge in [0.1, 0.15) is 17.9 Å². The lowest BCUT2D eigenvalue weighted by atomic mass is 10.2. The Morgan fingerprint density at radius 1 is 1.25 bits per heavy atom. The molecular formula is C19H34N4O5. The zero-order chi connectivity index (χ0) is 21.3. The number of nitrogens with two attached hydrogens (primary N) is 1. The number of morpholine rings is 1. The quantitative estimate of drug-likeness (QED) is 0.753. The maximum atomic E-state index is 12.6. The summed E-state index contributed by atoms with van der Waals surface area (Å²) in [6.07, 6.45) is -0.389. The molecule has 2 heterocycles. The van der Waals surface area contributed by atoms with Crippen molar-refractivity contribution in [2.45, 2.75) is 78.2 Å². The molecule has 1 unspecified atom stereocenters. The summed E-state index contributed by atoms with van der Waals surface area (Å²) in [6, 6.07) is -0.371. The van der Waals surface area contributed by atoms with Crippen LogP contribution >= 0.6 is 0 Å². The molecule has 0 saturated carbocycles. The molecule has 1 fully saturated rings. The third-order valence-electron chi connectivity index (χ3n) is 4.16. The van der Waals surface area contributed by atoms with E-state index in [1.165, 1.54) is 4.90 Å². The lowest BCUT2D eigenvalue weighted by Crippen LogP contribution is -2.61. The van der Waals surface area contributed by atoms with Gasteiger partial charge in [-0.3, -0.25) is 4.90 Å². The summed E-state index contributed by atoms with van der Waals surface area (Å²) in [4.78, 5) is 28.0. The summed E-state index contributed by atoms with van der Waals surface area (Å²) in [7, 11) is 0. The summed E-state index contributed by atoms with van der Waals surface area (Å²) in [5, 5.41) is 2.68. The van der Waals surface area contributed by atoms with Gasteiger partial charge in [0, 0.05) is 6.20 Å². The van der Waals surface area contributed by atoms with Crippen molar-refractivity contribution in [1.29, 1.82) is 0 Å². The molecule has 1 saturated heterocycles. The highest BCUT2D eigenvalue weighted by Crippen LogP contribution is 2.22. The average Bonchev–Trinajstić information content (AvgIpc) is 2.54. The minimum Gasteiger partial charge on any atom is -0.444 e. The molecule has 0 radical (unpaired) electrons. The number of hydrogen-bond acceptors (Lipinski definition) is 6. The molecule has 160 valence electrons. The van der Waals surface area contributed by atoms with Gasteiger partial charge in [-0.15, -0.1) is 0 Å². The summed E-state index contributed by atoms with van der Waals surface area (Å²) >= 11 is 0. The molecule has 9 heteroatoms. The zero-order valence-corrected chi connectivity index (χ0v) is 17.9. The number of carbonyl (C=O) groups excluding carboxylic acids is 2. The summed E-state index contributed by atoms with van der Waals surface area (Å²) < 4.78 is 17.4. The second-order valence-corrected chi connectivity index (χ2v) is 9.23. The van der Waals surface area contributed by atoms with Gasteiger partial charge >= 0.3 is 12.1 Å². The number of nitrogens with one attached hydrogen (secondary N) is 1. The maximum Gasteiger partial charge on any atom is 0.410 e. The van der Waals surface area contributed by atoms with E-state index in [4.69, 9.17) is 19.9 Å². The molecular weight excluding hydrogens is 364 g/mol.